The minimum Gasteiger partial charge on any atom is -0.302 e. The van der Waals surface area contributed by atoms with E-state index in [9.17, 15) is 4.79 Å². The van der Waals surface area contributed by atoms with Gasteiger partial charge in [0.25, 0.3) is 5.91 Å². The average Bonchev–Trinajstić information content (AvgIpc) is 2.92. The number of halogens is 2. The number of fused-ring (bicyclic) bond motifs is 1. The second kappa shape index (κ2) is 6.94. The molecule has 128 valence electrons. The van der Waals surface area contributed by atoms with E-state index in [1.807, 2.05) is 54.6 Å². The van der Waals surface area contributed by atoms with Crippen molar-refractivity contribution >= 4 is 46.2 Å². The Morgan fingerprint density at radius 1 is 0.846 bits per heavy atom. The van der Waals surface area contributed by atoms with E-state index in [-0.39, 0.29) is 5.91 Å². The van der Waals surface area contributed by atoms with Gasteiger partial charge in [0.2, 0.25) is 0 Å². The van der Waals surface area contributed by atoms with Crippen molar-refractivity contribution in [1.82, 2.24) is 0 Å². The van der Waals surface area contributed by atoms with Crippen molar-refractivity contribution in [3.8, 4) is 0 Å². The minimum absolute atomic E-state index is 0.124. The van der Waals surface area contributed by atoms with Gasteiger partial charge in [-0.15, -0.1) is 0 Å². The highest BCUT2D eigenvalue weighted by Gasteiger charge is 2.33. The summed E-state index contributed by atoms with van der Waals surface area (Å²) in [6, 6.07) is 22.7. The summed E-state index contributed by atoms with van der Waals surface area (Å²) in [6.07, 6.45) is 0. The van der Waals surface area contributed by atoms with Gasteiger partial charge in [-0.25, -0.2) is 4.99 Å². The molecule has 3 aromatic rings. The second-order valence-electron chi connectivity index (χ2n) is 5.95. The molecule has 5 heteroatoms. The van der Waals surface area contributed by atoms with E-state index < -0.39 is 0 Å². The van der Waals surface area contributed by atoms with Crippen molar-refractivity contribution in [1.29, 1.82) is 0 Å². The van der Waals surface area contributed by atoms with Gasteiger partial charge < -0.3 is 4.90 Å². The highest BCUT2D eigenvalue weighted by atomic mass is 35.5. The lowest BCUT2D eigenvalue weighted by Gasteiger charge is -2.16. The van der Waals surface area contributed by atoms with Gasteiger partial charge >= 0.3 is 0 Å². The number of amides is 1. The number of carbonyl (C=O) groups excluding carboxylic acids is 1. The SMILES string of the molecule is O=C1C(=Nc2ccc(Cl)c(Cl)c2)c2ccccc2N1Cc1ccccc1. The van der Waals surface area contributed by atoms with Crippen LogP contribution < -0.4 is 4.90 Å². The van der Waals surface area contributed by atoms with Crippen molar-refractivity contribution in [2.24, 2.45) is 4.99 Å². The normalized spacial score (nSPS) is 14.8. The maximum atomic E-state index is 13.1. The predicted octanol–water partition coefficient (Wildman–Crippen LogP) is 5.66. The van der Waals surface area contributed by atoms with Crippen LogP contribution in [-0.2, 0) is 11.3 Å². The van der Waals surface area contributed by atoms with E-state index in [1.165, 1.54) is 0 Å². The fourth-order valence-corrected chi connectivity index (χ4v) is 3.27. The first kappa shape index (κ1) is 16.8. The van der Waals surface area contributed by atoms with Gasteiger partial charge in [0, 0.05) is 5.56 Å². The maximum absolute atomic E-state index is 13.1. The van der Waals surface area contributed by atoms with Crippen molar-refractivity contribution in [2.75, 3.05) is 4.90 Å². The molecule has 4 rings (SSSR count). The molecule has 3 nitrogen and oxygen atoms in total. The Morgan fingerprint density at radius 2 is 1.58 bits per heavy atom. The van der Waals surface area contributed by atoms with E-state index in [1.54, 1.807) is 23.1 Å². The number of nitrogens with zero attached hydrogens (tertiary/aromatic N) is 2. The Bertz CT molecular complexity index is 1020. The molecular formula is C21H14Cl2N2O. The topological polar surface area (TPSA) is 32.7 Å². The lowest BCUT2D eigenvalue weighted by Crippen LogP contribution is -2.29. The predicted molar refractivity (Wildman–Crippen MR) is 107 cm³/mol. The highest BCUT2D eigenvalue weighted by Crippen LogP contribution is 2.33. The number of carbonyl (C=O) groups is 1. The molecule has 0 spiro atoms. The summed E-state index contributed by atoms with van der Waals surface area (Å²) in [6.45, 7) is 0.497. The molecule has 26 heavy (non-hydrogen) atoms. The zero-order chi connectivity index (χ0) is 18.1. The largest absolute Gasteiger partial charge is 0.302 e. The fraction of sp³-hybridized carbons (Fsp3) is 0.0476. The number of anilines is 1. The first-order valence-electron chi connectivity index (χ1n) is 8.12. The van der Waals surface area contributed by atoms with E-state index >= 15 is 0 Å². The zero-order valence-corrected chi connectivity index (χ0v) is 15.2. The Morgan fingerprint density at radius 3 is 2.35 bits per heavy atom. The molecule has 1 aliphatic rings. The zero-order valence-electron chi connectivity index (χ0n) is 13.7. The van der Waals surface area contributed by atoms with Gasteiger partial charge in [0.1, 0.15) is 5.71 Å². The molecule has 0 fully saturated rings. The molecule has 0 atom stereocenters. The van der Waals surface area contributed by atoms with E-state index in [2.05, 4.69) is 4.99 Å². The average molecular weight is 381 g/mol. The Labute approximate surface area is 161 Å². The Balaban J connectivity index is 1.76. The third-order valence-electron chi connectivity index (χ3n) is 4.23. The number of rotatable bonds is 3. The van der Waals surface area contributed by atoms with E-state index in [4.69, 9.17) is 23.2 Å². The number of aliphatic imine (C=N–C) groups is 1. The van der Waals surface area contributed by atoms with Crippen molar-refractivity contribution in [3.05, 3.63) is 94.0 Å². The van der Waals surface area contributed by atoms with Crippen LogP contribution in [0.3, 0.4) is 0 Å². The number of para-hydroxylation sites is 1. The van der Waals surface area contributed by atoms with Gasteiger partial charge in [-0.3, -0.25) is 4.79 Å². The van der Waals surface area contributed by atoms with Crippen LogP contribution in [0.2, 0.25) is 10.0 Å². The molecule has 0 aromatic heterocycles. The maximum Gasteiger partial charge on any atom is 0.277 e. The Hall–Kier alpha value is -2.62. The molecule has 0 N–H and O–H groups in total. The van der Waals surface area contributed by atoms with Crippen LogP contribution in [0.15, 0.2) is 77.8 Å². The first-order chi connectivity index (χ1) is 12.6. The molecular weight excluding hydrogens is 367 g/mol. The standard InChI is InChI=1S/C21H14Cl2N2O/c22-17-11-10-15(12-18(17)23)24-20-16-8-4-5-9-19(16)25(21(20)26)13-14-6-2-1-3-7-14/h1-12H,13H2. The van der Waals surface area contributed by atoms with Gasteiger partial charge in [-0.1, -0.05) is 71.7 Å². The van der Waals surface area contributed by atoms with E-state index in [0.29, 0.717) is 28.0 Å². The molecule has 0 aliphatic carbocycles. The molecule has 0 unspecified atom stereocenters. The summed E-state index contributed by atoms with van der Waals surface area (Å²) in [4.78, 5) is 19.4. The van der Waals surface area contributed by atoms with Gasteiger partial charge in [-0.2, -0.15) is 0 Å². The number of benzene rings is 3. The summed E-state index contributed by atoms with van der Waals surface area (Å²) >= 11 is 12.0. The summed E-state index contributed by atoms with van der Waals surface area (Å²) in [7, 11) is 0. The van der Waals surface area contributed by atoms with Crippen LogP contribution in [0.5, 0.6) is 0 Å². The highest BCUT2D eigenvalue weighted by molar-refractivity contribution is 6.54. The van der Waals surface area contributed by atoms with Crippen LogP contribution in [0.4, 0.5) is 11.4 Å². The molecule has 1 amide bonds. The number of hydrogen-bond donors (Lipinski definition) is 0. The molecule has 0 saturated carbocycles. The van der Waals surface area contributed by atoms with Crippen molar-refractivity contribution in [2.45, 2.75) is 6.54 Å². The van der Waals surface area contributed by atoms with Crippen LogP contribution >= 0.6 is 23.2 Å². The molecule has 1 aliphatic heterocycles. The monoisotopic (exact) mass is 380 g/mol. The lowest BCUT2D eigenvalue weighted by atomic mass is 10.1. The second-order valence-corrected chi connectivity index (χ2v) is 6.77. The molecule has 1 heterocycles. The summed E-state index contributed by atoms with van der Waals surface area (Å²) < 4.78 is 0. The summed E-state index contributed by atoms with van der Waals surface area (Å²) in [5.74, 6) is -0.124. The third kappa shape index (κ3) is 3.12. The lowest BCUT2D eigenvalue weighted by molar-refractivity contribution is -0.112. The summed E-state index contributed by atoms with van der Waals surface area (Å²) in [5.41, 5.74) is 3.75. The molecule has 0 radical (unpaired) electrons. The number of hydrogen-bond acceptors (Lipinski definition) is 2. The first-order valence-corrected chi connectivity index (χ1v) is 8.88. The van der Waals surface area contributed by atoms with Crippen molar-refractivity contribution < 1.29 is 4.79 Å². The van der Waals surface area contributed by atoms with Crippen molar-refractivity contribution in [3.63, 3.8) is 0 Å². The van der Waals surface area contributed by atoms with Crippen LogP contribution in [0, 0.1) is 0 Å². The van der Waals surface area contributed by atoms with Gasteiger partial charge in [0.15, 0.2) is 0 Å². The summed E-state index contributed by atoms with van der Waals surface area (Å²) in [5, 5.41) is 0.868. The molecule has 0 bridgehead atoms. The third-order valence-corrected chi connectivity index (χ3v) is 4.96. The molecule has 0 saturated heterocycles. The fourth-order valence-electron chi connectivity index (χ4n) is 2.98. The Kier molecular flexibility index (Phi) is 4.49. The smallest absolute Gasteiger partial charge is 0.277 e. The van der Waals surface area contributed by atoms with Crippen LogP contribution in [0.25, 0.3) is 0 Å². The van der Waals surface area contributed by atoms with Crippen LogP contribution in [0.1, 0.15) is 11.1 Å². The van der Waals surface area contributed by atoms with Crippen LogP contribution in [-0.4, -0.2) is 11.6 Å². The van der Waals surface area contributed by atoms with Gasteiger partial charge in [0.05, 0.1) is 28.0 Å². The molecule has 3 aromatic carbocycles. The van der Waals surface area contributed by atoms with E-state index in [0.717, 1.165) is 16.8 Å². The quantitative estimate of drug-likeness (QED) is 0.576. The van der Waals surface area contributed by atoms with Gasteiger partial charge in [-0.05, 0) is 29.8 Å². The minimum atomic E-state index is -0.124.